The molecule has 0 bridgehead atoms. The van der Waals surface area contributed by atoms with Crippen LogP contribution in [0.15, 0.2) is 24.3 Å². The van der Waals surface area contributed by atoms with Crippen LogP contribution in [-0.4, -0.2) is 17.9 Å². The van der Waals surface area contributed by atoms with Crippen molar-refractivity contribution in [2.45, 2.75) is 13.8 Å². The number of carboxylic acid groups (broad SMARTS) is 1. The summed E-state index contributed by atoms with van der Waals surface area (Å²) in [6, 6.07) is 0. The van der Waals surface area contributed by atoms with E-state index in [1.54, 1.807) is 0 Å². The highest BCUT2D eigenvalue weighted by Crippen LogP contribution is 2.32. The average molecular weight is 182 g/mol. The minimum absolute atomic E-state index is 0.0236. The van der Waals surface area contributed by atoms with E-state index in [4.69, 9.17) is 5.11 Å². The normalized spacial score (nSPS) is 24.3. The summed E-state index contributed by atoms with van der Waals surface area (Å²) in [5, 5.41) is 8.35. The van der Waals surface area contributed by atoms with Gasteiger partial charge in [0.25, 0.3) is 0 Å². The Labute approximate surface area is 77.7 Å². The molecule has 0 heterocycles. The lowest BCUT2D eigenvalue weighted by Crippen LogP contribution is -2.26. The molecule has 0 aliphatic heterocycles. The highest BCUT2D eigenvalue weighted by atomic mass is 16.7. The van der Waals surface area contributed by atoms with E-state index in [-0.39, 0.29) is 17.9 Å². The molecule has 0 aromatic carbocycles. The minimum atomic E-state index is -1.21. The van der Waals surface area contributed by atoms with Crippen molar-refractivity contribution in [1.29, 1.82) is 0 Å². The molecular formula is C10H14O3. The summed E-state index contributed by atoms with van der Waals surface area (Å²) in [5.41, 5.74) is -0.0236. The fraction of sp³-hybridized carbons (Fsp3) is 0.500. The molecule has 1 N–H and O–H groups in total. The van der Waals surface area contributed by atoms with E-state index >= 15 is 0 Å². The Morgan fingerprint density at radius 3 is 2.77 bits per heavy atom. The van der Waals surface area contributed by atoms with E-state index in [1.165, 1.54) is 0 Å². The molecule has 13 heavy (non-hydrogen) atoms. The highest BCUT2D eigenvalue weighted by Gasteiger charge is 2.27. The smallest absolute Gasteiger partial charge is 0.450 e. The van der Waals surface area contributed by atoms with Crippen molar-refractivity contribution >= 4 is 6.16 Å². The van der Waals surface area contributed by atoms with Crippen molar-refractivity contribution in [3.05, 3.63) is 24.3 Å². The second-order valence-electron chi connectivity index (χ2n) is 3.75. The third kappa shape index (κ3) is 2.61. The summed E-state index contributed by atoms with van der Waals surface area (Å²) in [7, 11) is 0. The fourth-order valence-corrected chi connectivity index (χ4v) is 1.30. The van der Waals surface area contributed by atoms with E-state index in [1.807, 2.05) is 18.2 Å². The van der Waals surface area contributed by atoms with Crippen molar-refractivity contribution in [2.24, 2.45) is 11.3 Å². The van der Waals surface area contributed by atoms with Gasteiger partial charge >= 0.3 is 6.16 Å². The largest absolute Gasteiger partial charge is 0.505 e. The topological polar surface area (TPSA) is 46.5 Å². The summed E-state index contributed by atoms with van der Waals surface area (Å²) in [4.78, 5) is 10.2. The van der Waals surface area contributed by atoms with Gasteiger partial charge in [-0.25, -0.2) is 4.79 Å². The molecule has 0 saturated carbocycles. The first-order valence-electron chi connectivity index (χ1n) is 4.24. The van der Waals surface area contributed by atoms with Crippen molar-refractivity contribution in [3.8, 4) is 0 Å². The zero-order valence-corrected chi connectivity index (χ0v) is 7.86. The number of hydrogen-bond acceptors (Lipinski definition) is 2. The number of carbonyl (C=O) groups is 1. The molecule has 3 heteroatoms. The van der Waals surface area contributed by atoms with Crippen LogP contribution < -0.4 is 0 Å². The second kappa shape index (κ2) is 3.64. The zero-order chi connectivity index (χ0) is 9.90. The van der Waals surface area contributed by atoms with Gasteiger partial charge in [-0.3, -0.25) is 0 Å². The summed E-state index contributed by atoms with van der Waals surface area (Å²) >= 11 is 0. The van der Waals surface area contributed by atoms with E-state index in [0.717, 1.165) is 0 Å². The average Bonchev–Trinajstić information content (AvgIpc) is 2.01. The minimum Gasteiger partial charge on any atom is -0.450 e. The molecule has 1 aliphatic carbocycles. The maximum Gasteiger partial charge on any atom is 0.505 e. The molecule has 72 valence electrons. The van der Waals surface area contributed by atoms with Gasteiger partial charge < -0.3 is 9.84 Å². The van der Waals surface area contributed by atoms with Crippen LogP contribution in [0.4, 0.5) is 4.79 Å². The Bertz CT molecular complexity index is 251. The Kier molecular flexibility index (Phi) is 2.76. The first kappa shape index (κ1) is 9.84. The molecule has 0 aromatic rings. The molecular weight excluding hydrogens is 168 g/mol. The van der Waals surface area contributed by atoms with Gasteiger partial charge in [-0.15, -0.1) is 0 Å². The van der Waals surface area contributed by atoms with E-state index in [9.17, 15) is 4.79 Å². The van der Waals surface area contributed by atoms with Gasteiger partial charge in [0.05, 0.1) is 0 Å². The molecule has 0 aromatic heterocycles. The lowest BCUT2D eigenvalue weighted by atomic mass is 9.76. The third-order valence-corrected chi connectivity index (χ3v) is 2.32. The Hall–Kier alpha value is -1.25. The number of ether oxygens (including phenoxy) is 1. The summed E-state index contributed by atoms with van der Waals surface area (Å²) in [6.45, 7) is 4.34. The fourth-order valence-electron chi connectivity index (χ4n) is 1.30. The lowest BCUT2D eigenvalue weighted by Gasteiger charge is -2.30. The Morgan fingerprint density at radius 1 is 1.54 bits per heavy atom. The molecule has 0 fully saturated rings. The molecule has 1 atom stereocenters. The molecule has 0 spiro atoms. The maximum absolute atomic E-state index is 10.2. The van der Waals surface area contributed by atoms with Crippen LogP contribution in [-0.2, 0) is 4.74 Å². The van der Waals surface area contributed by atoms with Crippen LogP contribution in [0.3, 0.4) is 0 Å². The zero-order valence-electron chi connectivity index (χ0n) is 7.86. The SMILES string of the molecule is CC1(C)C=CC=CC1COC(=O)O. The summed E-state index contributed by atoms with van der Waals surface area (Å²) < 4.78 is 4.55. The molecule has 0 saturated heterocycles. The van der Waals surface area contributed by atoms with Gasteiger partial charge in [0.15, 0.2) is 0 Å². The predicted octanol–water partition coefficient (Wildman–Crippen LogP) is 2.45. The molecule has 0 radical (unpaired) electrons. The molecule has 1 aliphatic rings. The van der Waals surface area contributed by atoms with Crippen molar-refractivity contribution in [3.63, 3.8) is 0 Å². The van der Waals surface area contributed by atoms with Crippen molar-refractivity contribution in [2.75, 3.05) is 6.61 Å². The molecule has 0 amide bonds. The quantitative estimate of drug-likeness (QED) is 0.667. The first-order valence-corrected chi connectivity index (χ1v) is 4.24. The highest BCUT2D eigenvalue weighted by molar-refractivity contribution is 5.56. The van der Waals surface area contributed by atoms with Gasteiger partial charge in [0.2, 0.25) is 0 Å². The van der Waals surface area contributed by atoms with E-state index < -0.39 is 6.16 Å². The van der Waals surface area contributed by atoms with Gasteiger partial charge in [-0.05, 0) is 5.41 Å². The van der Waals surface area contributed by atoms with Crippen LogP contribution in [0.25, 0.3) is 0 Å². The summed E-state index contributed by atoms with van der Waals surface area (Å²) in [5.74, 6) is 0.133. The van der Waals surface area contributed by atoms with E-state index in [0.29, 0.717) is 0 Å². The summed E-state index contributed by atoms with van der Waals surface area (Å²) in [6.07, 6.45) is 6.71. The standard InChI is InChI=1S/C10H14O3/c1-10(2)6-4-3-5-8(10)7-13-9(11)12/h3-6,8H,7H2,1-2H3,(H,11,12). The monoisotopic (exact) mass is 182 g/mol. The third-order valence-electron chi connectivity index (χ3n) is 2.32. The van der Waals surface area contributed by atoms with Crippen LogP contribution in [0.1, 0.15) is 13.8 Å². The van der Waals surface area contributed by atoms with Crippen LogP contribution in [0.5, 0.6) is 0 Å². The predicted molar refractivity (Wildman–Crippen MR) is 49.5 cm³/mol. The second-order valence-corrected chi connectivity index (χ2v) is 3.75. The molecule has 3 nitrogen and oxygen atoms in total. The van der Waals surface area contributed by atoms with Gasteiger partial charge in [0, 0.05) is 5.92 Å². The van der Waals surface area contributed by atoms with Crippen LogP contribution >= 0.6 is 0 Å². The van der Waals surface area contributed by atoms with Gasteiger partial charge in [-0.1, -0.05) is 38.2 Å². The van der Waals surface area contributed by atoms with Crippen LogP contribution in [0.2, 0.25) is 0 Å². The first-order chi connectivity index (χ1) is 6.02. The number of rotatable bonds is 2. The lowest BCUT2D eigenvalue weighted by molar-refractivity contribution is 0.0696. The van der Waals surface area contributed by atoms with Crippen LogP contribution in [0, 0.1) is 11.3 Å². The molecule has 1 unspecified atom stereocenters. The molecule has 1 rings (SSSR count). The maximum atomic E-state index is 10.2. The van der Waals surface area contributed by atoms with Gasteiger partial charge in [0.1, 0.15) is 6.61 Å². The Balaban J connectivity index is 2.54. The number of allylic oxidation sites excluding steroid dienone is 3. The van der Waals surface area contributed by atoms with E-state index in [2.05, 4.69) is 24.7 Å². The van der Waals surface area contributed by atoms with Crippen molar-refractivity contribution < 1.29 is 14.6 Å². The van der Waals surface area contributed by atoms with Crippen molar-refractivity contribution in [1.82, 2.24) is 0 Å². The number of hydrogen-bond donors (Lipinski definition) is 1. The Morgan fingerprint density at radius 2 is 2.23 bits per heavy atom. The van der Waals surface area contributed by atoms with Gasteiger partial charge in [-0.2, -0.15) is 0 Å².